The molecule has 0 radical (unpaired) electrons. The Labute approximate surface area is 76.2 Å². The number of nitrogens with two attached hydrogens (primary N) is 1. The highest BCUT2D eigenvalue weighted by Gasteiger charge is 2.17. The summed E-state index contributed by atoms with van der Waals surface area (Å²) in [6.07, 6.45) is 1.66. The van der Waals surface area contributed by atoms with Crippen LogP contribution in [0.1, 0.15) is 29.7 Å². The molecule has 0 bridgehead atoms. The minimum absolute atomic E-state index is 0.0726. The van der Waals surface area contributed by atoms with Crippen LogP contribution >= 0.6 is 0 Å². The van der Waals surface area contributed by atoms with Crippen LogP contribution in [0.2, 0.25) is 0 Å². The molecule has 5 nitrogen and oxygen atoms in total. The molecular formula is C8H13N3O2. The standard InChI is InChI=1S/C8H13N3O2/c1-3-4-5-10-7(9)6(8(12)13)11(5)2/h3-4,9H2,1-2H3,(H,12,13). The molecule has 5 heteroatoms. The number of aromatic carboxylic acids is 1. The summed E-state index contributed by atoms with van der Waals surface area (Å²) in [6, 6.07) is 0. The van der Waals surface area contributed by atoms with Gasteiger partial charge in [0.1, 0.15) is 5.82 Å². The number of nitrogen functional groups attached to an aromatic ring is 1. The first-order valence-corrected chi connectivity index (χ1v) is 4.12. The monoisotopic (exact) mass is 183 g/mol. The van der Waals surface area contributed by atoms with Crippen LogP contribution in [0, 0.1) is 0 Å². The highest BCUT2D eigenvalue weighted by molar-refractivity contribution is 5.90. The highest BCUT2D eigenvalue weighted by Crippen LogP contribution is 2.13. The van der Waals surface area contributed by atoms with Crippen LogP contribution in [-0.2, 0) is 13.5 Å². The molecule has 0 aliphatic rings. The predicted molar refractivity (Wildman–Crippen MR) is 48.6 cm³/mol. The number of anilines is 1. The summed E-state index contributed by atoms with van der Waals surface area (Å²) in [6.45, 7) is 2.01. The normalized spacial score (nSPS) is 10.3. The van der Waals surface area contributed by atoms with Crippen molar-refractivity contribution in [2.24, 2.45) is 7.05 Å². The van der Waals surface area contributed by atoms with Gasteiger partial charge >= 0.3 is 5.97 Å². The van der Waals surface area contributed by atoms with Crippen LogP contribution in [0.5, 0.6) is 0 Å². The lowest BCUT2D eigenvalue weighted by molar-refractivity contribution is 0.0687. The minimum Gasteiger partial charge on any atom is -0.476 e. The molecule has 13 heavy (non-hydrogen) atoms. The average Bonchev–Trinajstić information content (AvgIpc) is 2.28. The van der Waals surface area contributed by atoms with Crippen molar-refractivity contribution in [1.82, 2.24) is 9.55 Å². The molecule has 1 aromatic heterocycles. The molecule has 0 aliphatic carbocycles. The van der Waals surface area contributed by atoms with E-state index in [9.17, 15) is 4.79 Å². The van der Waals surface area contributed by atoms with E-state index in [-0.39, 0.29) is 11.5 Å². The molecule has 0 amide bonds. The Morgan fingerprint density at radius 2 is 2.31 bits per heavy atom. The molecule has 0 unspecified atom stereocenters. The number of imidazole rings is 1. The Balaban J connectivity index is 3.14. The fraction of sp³-hybridized carbons (Fsp3) is 0.500. The summed E-state index contributed by atoms with van der Waals surface area (Å²) < 4.78 is 1.53. The average molecular weight is 183 g/mol. The molecule has 0 saturated heterocycles. The Morgan fingerprint density at radius 3 is 2.69 bits per heavy atom. The maximum atomic E-state index is 10.7. The number of hydrogen-bond donors (Lipinski definition) is 2. The van der Waals surface area contributed by atoms with Gasteiger partial charge in [0.25, 0.3) is 0 Å². The molecule has 0 aromatic carbocycles. The van der Waals surface area contributed by atoms with Crippen LogP contribution < -0.4 is 5.73 Å². The highest BCUT2D eigenvalue weighted by atomic mass is 16.4. The smallest absolute Gasteiger partial charge is 0.356 e. The van der Waals surface area contributed by atoms with Gasteiger partial charge in [0.05, 0.1) is 0 Å². The molecule has 1 heterocycles. The molecule has 72 valence electrons. The van der Waals surface area contributed by atoms with Gasteiger partial charge in [-0.3, -0.25) is 0 Å². The van der Waals surface area contributed by atoms with E-state index in [0.29, 0.717) is 0 Å². The van der Waals surface area contributed by atoms with E-state index in [0.717, 1.165) is 18.7 Å². The summed E-state index contributed by atoms with van der Waals surface area (Å²) in [5.41, 5.74) is 5.53. The number of aromatic nitrogens is 2. The molecule has 0 spiro atoms. The van der Waals surface area contributed by atoms with Crippen molar-refractivity contribution < 1.29 is 9.90 Å². The van der Waals surface area contributed by atoms with Gasteiger partial charge in [0.2, 0.25) is 0 Å². The van der Waals surface area contributed by atoms with Gasteiger partial charge in [0.15, 0.2) is 11.5 Å². The van der Waals surface area contributed by atoms with Crippen LogP contribution in [0.4, 0.5) is 5.82 Å². The summed E-state index contributed by atoms with van der Waals surface area (Å²) in [5.74, 6) is -0.217. The summed E-state index contributed by atoms with van der Waals surface area (Å²) in [7, 11) is 1.66. The van der Waals surface area contributed by atoms with Gasteiger partial charge in [-0.25, -0.2) is 9.78 Å². The first kappa shape index (κ1) is 9.57. The van der Waals surface area contributed by atoms with Crippen molar-refractivity contribution >= 4 is 11.8 Å². The third kappa shape index (κ3) is 1.63. The number of carboxylic acids is 1. The maximum absolute atomic E-state index is 10.7. The molecule has 0 atom stereocenters. The Morgan fingerprint density at radius 1 is 1.69 bits per heavy atom. The summed E-state index contributed by atoms with van der Waals surface area (Å²) >= 11 is 0. The number of aryl methyl sites for hydroxylation is 1. The number of nitrogens with zero attached hydrogens (tertiary/aromatic N) is 2. The lowest BCUT2D eigenvalue weighted by atomic mass is 10.3. The Bertz CT molecular complexity index is 330. The van der Waals surface area contributed by atoms with E-state index < -0.39 is 5.97 Å². The second kappa shape index (κ2) is 3.47. The zero-order valence-corrected chi connectivity index (χ0v) is 7.74. The Kier molecular flexibility index (Phi) is 2.55. The van der Waals surface area contributed by atoms with Crippen LogP contribution in [0.25, 0.3) is 0 Å². The summed E-state index contributed by atoms with van der Waals surface area (Å²) in [5, 5.41) is 8.79. The predicted octanol–water partition coefficient (Wildman–Crippen LogP) is 0.653. The van der Waals surface area contributed by atoms with Gasteiger partial charge in [-0.1, -0.05) is 6.92 Å². The number of carboxylic acid groups (broad SMARTS) is 1. The van der Waals surface area contributed by atoms with E-state index >= 15 is 0 Å². The number of rotatable bonds is 3. The first-order valence-electron chi connectivity index (χ1n) is 4.12. The molecule has 1 aromatic rings. The second-order valence-corrected chi connectivity index (χ2v) is 2.88. The second-order valence-electron chi connectivity index (χ2n) is 2.88. The van der Waals surface area contributed by atoms with Crippen molar-refractivity contribution in [3.63, 3.8) is 0 Å². The summed E-state index contributed by atoms with van der Waals surface area (Å²) in [4.78, 5) is 14.7. The third-order valence-electron chi connectivity index (χ3n) is 1.89. The quantitative estimate of drug-likeness (QED) is 0.721. The Hall–Kier alpha value is -1.52. The van der Waals surface area contributed by atoms with Crippen LogP contribution in [0.15, 0.2) is 0 Å². The molecule has 1 rings (SSSR count). The van der Waals surface area contributed by atoms with E-state index in [1.165, 1.54) is 4.57 Å². The first-order chi connectivity index (χ1) is 6.07. The zero-order chi connectivity index (χ0) is 10.0. The topological polar surface area (TPSA) is 81.1 Å². The van der Waals surface area contributed by atoms with Gasteiger partial charge in [-0.2, -0.15) is 0 Å². The van der Waals surface area contributed by atoms with E-state index in [1.54, 1.807) is 7.05 Å². The van der Waals surface area contributed by atoms with Crippen molar-refractivity contribution in [1.29, 1.82) is 0 Å². The van der Waals surface area contributed by atoms with E-state index in [1.807, 2.05) is 6.92 Å². The molecule has 0 fully saturated rings. The number of hydrogen-bond acceptors (Lipinski definition) is 3. The van der Waals surface area contributed by atoms with Crippen molar-refractivity contribution in [2.45, 2.75) is 19.8 Å². The minimum atomic E-state index is -1.03. The van der Waals surface area contributed by atoms with Crippen molar-refractivity contribution in [2.75, 3.05) is 5.73 Å². The van der Waals surface area contributed by atoms with Crippen LogP contribution in [0.3, 0.4) is 0 Å². The maximum Gasteiger partial charge on any atom is 0.356 e. The van der Waals surface area contributed by atoms with Gasteiger partial charge in [-0.05, 0) is 6.42 Å². The third-order valence-corrected chi connectivity index (χ3v) is 1.89. The van der Waals surface area contributed by atoms with Gasteiger partial charge < -0.3 is 15.4 Å². The van der Waals surface area contributed by atoms with Gasteiger partial charge in [0, 0.05) is 13.5 Å². The van der Waals surface area contributed by atoms with Gasteiger partial charge in [-0.15, -0.1) is 0 Å². The zero-order valence-electron chi connectivity index (χ0n) is 7.74. The molecular weight excluding hydrogens is 170 g/mol. The molecule has 0 saturated carbocycles. The lowest BCUT2D eigenvalue weighted by Gasteiger charge is -2.00. The largest absolute Gasteiger partial charge is 0.476 e. The fourth-order valence-electron chi connectivity index (χ4n) is 1.27. The molecule has 3 N–H and O–H groups in total. The molecule has 0 aliphatic heterocycles. The van der Waals surface area contributed by atoms with Crippen molar-refractivity contribution in [3.05, 3.63) is 11.5 Å². The van der Waals surface area contributed by atoms with E-state index in [4.69, 9.17) is 10.8 Å². The SMILES string of the molecule is CCCc1nc(N)c(C(=O)O)n1C. The van der Waals surface area contributed by atoms with Crippen LogP contribution in [-0.4, -0.2) is 20.6 Å². The van der Waals surface area contributed by atoms with E-state index in [2.05, 4.69) is 4.98 Å². The fourth-order valence-corrected chi connectivity index (χ4v) is 1.27. The number of carbonyl (C=O) groups is 1. The van der Waals surface area contributed by atoms with Crippen molar-refractivity contribution in [3.8, 4) is 0 Å². The lowest BCUT2D eigenvalue weighted by Crippen LogP contribution is -2.08.